The summed E-state index contributed by atoms with van der Waals surface area (Å²) in [7, 11) is 1.90. The van der Waals surface area contributed by atoms with Crippen LogP contribution in [0.4, 0.5) is 0 Å². The van der Waals surface area contributed by atoms with Crippen molar-refractivity contribution in [3.63, 3.8) is 0 Å². The number of rotatable bonds is 9. The van der Waals surface area contributed by atoms with Crippen LogP contribution in [-0.4, -0.2) is 31.0 Å². The van der Waals surface area contributed by atoms with Crippen molar-refractivity contribution in [2.45, 2.75) is 39.5 Å². The fourth-order valence-corrected chi connectivity index (χ4v) is 3.61. The summed E-state index contributed by atoms with van der Waals surface area (Å²) in [5.41, 5.74) is 3.39. The van der Waals surface area contributed by atoms with Gasteiger partial charge in [-0.1, -0.05) is 26.8 Å². The second-order valence-corrected chi connectivity index (χ2v) is 7.05. The van der Waals surface area contributed by atoms with E-state index in [0.717, 1.165) is 29.7 Å². The number of phenols is 1. The summed E-state index contributed by atoms with van der Waals surface area (Å²) in [4.78, 5) is 14.4. The van der Waals surface area contributed by atoms with Crippen molar-refractivity contribution in [1.29, 1.82) is 0 Å². The van der Waals surface area contributed by atoms with Gasteiger partial charge in [-0.05, 0) is 71.2 Å². The maximum absolute atomic E-state index is 10.9. The number of carbonyl (C=O) groups is 1. The molecule has 0 aliphatic heterocycles. The number of nitrogens with one attached hydrogen (secondary N) is 1. The number of hydrogen-bond acceptors (Lipinski definition) is 6. The molecule has 1 atom stereocenters. The molecule has 0 fully saturated rings. The van der Waals surface area contributed by atoms with E-state index in [1.807, 2.05) is 43.8 Å². The van der Waals surface area contributed by atoms with Gasteiger partial charge in [0.25, 0.3) is 0 Å². The lowest BCUT2D eigenvalue weighted by Crippen LogP contribution is -2.04. The van der Waals surface area contributed by atoms with Gasteiger partial charge in [-0.3, -0.25) is 4.99 Å². The Morgan fingerprint density at radius 3 is 2.64 bits per heavy atom. The number of thioether (sulfide) groups is 1. The van der Waals surface area contributed by atoms with Crippen LogP contribution in [0.5, 0.6) is 5.75 Å². The molecule has 0 aliphatic carbocycles. The van der Waals surface area contributed by atoms with Gasteiger partial charge >= 0.3 is 0 Å². The Morgan fingerprint density at radius 1 is 1.36 bits per heavy atom. The van der Waals surface area contributed by atoms with E-state index < -0.39 is 0 Å². The van der Waals surface area contributed by atoms with E-state index in [0.29, 0.717) is 6.42 Å². The first-order valence-corrected chi connectivity index (χ1v) is 11.3. The molecule has 0 unspecified atom stereocenters. The van der Waals surface area contributed by atoms with E-state index in [-0.39, 0.29) is 11.7 Å². The Hall–Kier alpha value is -1.89. The van der Waals surface area contributed by atoms with E-state index in [1.165, 1.54) is 5.56 Å². The SMILES string of the molecule is C=N/C=C\SCNC.CC.CCc1ccc(O)cc1[C@@H](CC=O)c1ccsc1. The van der Waals surface area contributed by atoms with E-state index >= 15 is 0 Å². The fourth-order valence-electron chi connectivity index (χ4n) is 2.46. The average molecular weight is 421 g/mol. The minimum absolute atomic E-state index is 0.0517. The summed E-state index contributed by atoms with van der Waals surface area (Å²) in [6.45, 7) is 9.37. The van der Waals surface area contributed by atoms with Crippen LogP contribution in [0, 0.1) is 0 Å². The molecule has 0 spiro atoms. The van der Waals surface area contributed by atoms with Crippen LogP contribution in [0.25, 0.3) is 0 Å². The first-order valence-electron chi connectivity index (χ1n) is 9.32. The molecule has 2 N–H and O–H groups in total. The summed E-state index contributed by atoms with van der Waals surface area (Å²) < 4.78 is 0. The number of aryl methyl sites for hydroxylation is 1. The van der Waals surface area contributed by atoms with E-state index in [9.17, 15) is 9.90 Å². The number of benzene rings is 1. The second-order valence-electron chi connectivity index (χ2n) is 5.38. The maximum Gasteiger partial charge on any atom is 0.120 e. The van der Waals surface area contributed by atoms with Crippen LogP contribution in [0.3, 0.4) is 0 Å². The van der Waals surface area contributed by atoms with Gasteiger partial charge in [0.2, 0.25) is 0 Å². The molecule has 0 saturated heterocycles. The normalized spacial score (nSPS) is 11.0. The van der Waals surface area contributed by atoms with Gasteiger partial charge in [-0.25, -0.2) is 0 Å². The minimum atomic E-state index is 0.0517. The highest BCUT2D eigenvalue weighted by atomic mass is 32.2. The summed E-state index contributed by atoms with van der Waals surface area (Å²) in [5, 5.41) is 18.6. The van der Waals surface area contributed by atoms with Crippen LogP contribution in [0.15, 0.2) is 51.6 Å². The number of thiophene rings is 1. The first kappa shape index (κ1) is 26.1. The molecule has 1 aromatic carbocycles. The zero-order chi connectivity index (χ0) is 21.2. The molecule has 0 aliphatic rings. The highest BCUT2D eigenvalue weighted by molar-refractivity contribution is 8.02. The minimum Gasteiger partial charge on any atom is -0.508 e. The monoisotopic (exact) mass is 420 g/mol. The van der Waals surface area contributed by atoms with E-state index in [1.54, 1.807) is 41.4 Å². The van der Waals surface area contributed by atoms with E-state index in [4.69, 9.17) is 0 Å². The number of aliphatic imine (C=N–C) groups is 1. The van der Waals surface area contributed by atoms with Crippen molar-refractivity contribution >= 4 is 36.1 Å². The first-order chi connectivity index (χ1) is 13.7. The maximum atomic E-state index is 10.9. The Kier molecular flexibility index (Phi) is 16.1. The number of aromatic hydroxyl groups is 1. The lowest BCUT2D eigenvalue weighted by molar-refractivity contribution is -0.108. The molecular weight excluding hydrogens is 388 g/mol. The molecule has 154 valence electrons. The summed E-state index contributed by atoms with van der Waals surface area (Å²) >= 11 is 3.28. The quantitative estimate of drug-likeness (QED) is 0.232. The number of nitrogens with zero attached hydrogens (tertiary/aromatic N) is 1. The van der Waals surface area contributed by atoms with Crippen LogP contribution < -0.4 is 5.32 Å². The molecule has 6 heteroatoms. The largest absolute Gasteiger partial charge is 0.508 e. The lowest BCUT2D eigenvalue weighted by atomic mass is 9.86. The van der Waals surface area contributed by atoms with Gasteiger partial charge < -0.3 is 15.2 Å². The number of phenolic OH excluding ortho intramolecular Hbond substituents is 1. The molecular formula is C22H32N2O2S2. The third-order valence-corrected chi connectivity index (χ3v) is 5.12. The third kappa shape index (κ3) is 9.88. The van der Waals surface area contributed by atoms with Gasteiger partial charge in [0.15, 0.2) is 0 Å². The zero-order valence-electron chi connectivity index (χ0n) is 17.2. The van der Waals surface area contributed by atoms with Gasteiger partial charge in [0, 0.05) is 24.4 Å². The summed E-state index contributed by atoms with van der Waals surface area (Å²) in [5.74, 6) is 1.23. The standard InChI is InChI=1S/C15H16O2S.C5H10N2S.C2H6/c1-2-11-3-4-13(17)9-15(11)14(5-7-16)12-6-8-18-10-12;1-6-3-4-8-5-7-2;1-2/h3-4,6-10,14,17H,2,5H2,1H3;3-4,7H,1,5H2,2H3;1-2H3/b;4-3-;/t14-;;/m0../s1. The van der Waals surface area contributed by atoms with Crippen molar-refractivity contribution in [3.8, 4) is 5.75 Å². The Balaban J connectivity index is 0.000000618. The lowest BCUT2D eigenvalue weighted by Gasteiger charge is -2.17. The highest BCUT2D eigenvalue weighted by Crippen LogP contribution is 2.33. The van der Waals surface area contributed by atoms with Crippen molar-refractivity contribution in [3.05, 3.63) is 63.3 Å². The Bertz CT molecular complexity index is 686. The molecule has 2 rings (SSSR count). The molecule has 28 heavy (non-hydrogen) atoms. The molecule has 0 amide bonds. The van der Waals surface area contributed by atoms with Gasteiger partial charge in [-0.15, -0.1) is 11.8 Å². The topological polar surface area (TPSA) is 61.7 Å². The highest BCUT2D eigenvalue weighted by Gasteiger charge is 2.17. The van der Waals surface area contributed by atoms with Crippen LogP contribution >= 0.6 is 23.1 Å². The van der Waals surface area contributed by atoms with Crippen LogP contribution in [0.1, 0.15) is 49.8 Å². The number of aldehydes is 1. The Morgan fingerprint density at radius 2 is 2.11 bits per heavy atom. The molecule has 4 nitrogen and oxygen atoms in total. The molecule has 0 saturated carbocycles. The van der Waals surface area contributed by atoms with Crippen LogP contribution in [0.2, 0.25) is 0 Å². The van der Waals surface area contributed by atoms with Crippen molar-refractivity contribution in [2.75, 3.05) is 12.9 Å². The van der Waals surface area contributed by atoms with Crippen molar-refractivity contribution in [2.24, 2.45) is 4.99 Å². The average Bonchev–Trinajstić information content (AvgIpc) is 3.26. The smallest absolute Gasteiger partial charge is 0.120 e. The number of hydrogen-bond donors (Lipinski definition) is 2. The number of carbonyl (C=O) groups excluding carboxylic acids is 1. The van der Waals surface area contributed by atoms with Crippen LogP contribution in [-0.2, 0) is 11.2 Å². The predicted molar refractivity (Wildman–Crippen MR) is 126 cm³/mol. The Labute approximate surface area is 177 Å². The molecule has 2 aromatic rings. The van der Waals surface area contributed by atoms with Crippen molar-refractivity contribution in [1.82, 2.24) is 5.32 Å². The predicted octanol–water partition coefficient (Wildman–Crippen LogP) is 5.83. The summed E-state index contributed by atoms with van der Waals surface area (Å²) in [6.07, 6.45) is 3.97. The molecule has 1 heterocycles. The van der Waals surface area contributed by atoms with Crippen molar-refractivity contribution < 1.29 is 9.90 Å². The third-order valence-electron chi connectivity index (χ3n) is 3.65. The second kappa shape index (κ2) is 17.2. The van der Waals surface area contributed by atoms with E-state index in [2.05, 4.69) is 29.3 Å². The fraction of sp³-hybridized carbons (Fsp3) is 0.364. The molecule has 0 radical (unpaired) electrons. The van der Waals surface area contributed by atoms with Gasteiger partial charge in [0.1, 0.15) is 12.0 Å². The zero-order valence-corrected chi connectivity index (χ0v) is 18.9. The van der Waals surface area contributed by atoms with Gasteiger partial charge in [0.05, 0.1) is 0 Å². The molecule has 0 bridgehead atoms. The van der Waals surface area contributed by atoms with Gasteiger partial charge in [-0.2, -0.15) is 11.3 Å². The summed E-state index contributed by atoms with van der Waals surface area (Å²) in [6, 6.07) is 7.47. The molecule has 1 aromatic heterocycles.